The third-order valence-electron chi connectivity index (χ3n) is 4.43. The monoisotopic (exact) mass is 317 g/mol. The molecular formula is C15H19N5OS. The summed E-state index contributed by atoms with van der Waals surface area (Å²) in [6.07, 6.45) is 4.30. The number of amides is 2. The molecule has 0 fully saturated rings. The molecule has 7 heteroatoms. The van der Waals surface area contributed by atoms with E-state index in [1.54, 1.807) is 11.3 Å². The van der Waals surface area contributed by atoms with Crippen LogP contribution in [0.3, 0.4) is 0 Å². The molecule has 0 saturated heterocycles. The quantitative estimate of drug-likeness (QED) is 0.921. The third kappa shape index (κ3) is 2.49. The highest BCUT2D eigenvalue weighted by molar-refractivity contribution is 7.10. The fourth-order valence-corrected chi connectivity index (χ4v) is 4.08. The van der Waals surface area contributed by atoms with Crippen LogP contribution in [0.1, 0.15) is 34.9 Å². The summed E-state index contributed by atoms with van der Waals surface area (Å²) < 4.78 is 2.15. The van der Waals surface area contributed by atoms with Crippen molar-refractivity contribution in [2.75, 3.05) is 6.54 Å². The van der Waals surface area contributed by atoms with Crippen LogP contribution in [-0.2, 0) is 32.5 Å². The molecule has 116 valence electrons. The second-order valence-corrected chi connectivity index (χ2v) is 6.84. The Morgan fingerprint density at radius 2 is 2.23 bits per heavy atom. The van der Waals surface area contributed by atoms with E-state index in [1.807, 2.05) is 4.90 Å². The van der Waals surface area contributed by atoms with E-state index in [4.69, 9.17) is 0 Å². The number of aromatic nitrogens is 3. The molecule has 4 heterocycles. The van der Waals surface area contributed by atoms with Gasteiger partial charge in [0.1, 0.15) is 5.82 Å². The Hall–Kier alpha value is -1.89. The first kappa shape index (κ1) is 13.8. The number of urea groups is 1. The van der Waals surface area contributed by atoms with E-state index in [2.05, 4.69) is 31.5 Å². The van der Waals surface area contributed by atoms with Crippen LogP contribution in [0.4, 0.5) is 4.79 Å². The van der Waals surface area contributed by atoms with Crippen molar-refractivity contribution in [1.29, 1.82) is 0 Å². The van der Waals surface area contributed by atoms with Gasteiger partial charge in [0.05, 0.1) is 6.54 Å². The molecule has 1 N–H and O–H groups in total. The summed E-state index contributed by atoms with van der Waals surface area (Å²) in [6.45, 7) is 2.92. The molecule has 0 radical (unpaired) electrons. The SMILES string of the molecule is O=C(NCc1nnc2n1CCCC2)N1CCc2sccc2C1. The van der Waals surface area contributed by atoms with E-state index in [1.165, 1.54) is 23.3 Å². The number of rotatable bonds is 2. The molecule has 0 aromatic carbocycles. The highest BCUT2D eigenvalue weighted by atomic mass is 32.1. The zero-order chi connectivity index (χ0) is 14.9. The lowest BCUT2D eigenvalue weighted by atomic mass is 10.1. The first-order valence-corrected chi connectivity index (χ1v) is 8.68. The molecular weight excluding hydrogens is 298 g/mol. The Balaban J connectivity index is 1.38. The molecule has 2 amide bonds. The second-order valence-electron chi connectivity index (χ2n) is 5.84. The molecule has 0 atom stereocenters. The average Bonchev–Trinajstić information content (AvgIpc) is 3.18. The van der Waals surface area contributed by atoms with E-state index < -0.39 is 0 Å². The predicted molar refractivity (Wildman–Crippen MR) is 83.6 cm³/mol. The van der Waals surface area contributed by atoms with Crippen molar-refractivity contribution < 1.29 is 4.79 Å². The second kappa shape index (κ2) is 5.72. The van der Waals surface area contributed by atoms with Crippen molar-refractivity contribution in [1.82, 2.24) is 25.0 Å². The summed E-state index contributed by atoms with van der Waals surface area (Å²) in [7, 11) is 0. The lowest BCUT2D eigenvalue weighted by Gasteiger charge is -2.27. The number of fused-ring (bicyclic) bond motifs is 2. The minimum atomic E-state index is -0.00925. The normalized spacial score (nSPS) is 17.0. The van der Waals surface area contributed by atoms with Crippen molar-refractivity contribution >= 4 is 17.4 Å². The largest absolute Gasteiger partial charge is 0.331 e. The molecule has 6 nitrogen and oxygen atoms in total. The Morgan fingerprint density at radius 1 is 1.27 bits per heavy atom. The Kier molecular flexibility index (Phi) is 3.57. The van der Waals surface area contributed by atoms with Crippen LogP contribution >= 0.6 is 11.3 Å². The standard InChI is InChI=1S/C15H19N5OS/c21-15(19-7-4-12-11(10-19)5-8-22-12)16-9-14-18-17-13-3-1-2-6-20(13)14/h5,8H,1-4,6-7,9-10H2,(H,16,21). The average molecular weight is 317 g/mol. The highest BCUT2D eigenvalue weighted by Gasteiger charge is 2.22. The zero-order valence-corrected chi connectivity index (χ0v) is 13.2. The van der Waals surface area contributed by atoms with Crippen molar-refractivity contribution in [2.24, 2.45) is 0 Å². The lowest BCUT2D eigenvalue weighted by Crippen LogP contribution is -2.42. The lowest BCUT2D eigenvalue weighted by molar-refractivity contribution is 0.192. The fourth-order valence-electron chi connectivity index (χ4n) is 3.19. The van der Waals surface area contributed by atoms with Gasteiger partial charge in [0, 0.05) is 30.9 Å². The highest BCUT2D eigenvalue weighted by Crippen LogP contribution is 2.24. The molecule has 22 heavy (non-hydrogen) atoms. The predicted octanol–water partition coefficient (Wildman–Crippen LogP) is 1.94. The van der Waals surface area contributed by atoms with Gasteiger partial charge in [-0.3, -0.25) is 0 Å². The van der Waals surface area contributed by atoms with Crippen LogP contribution in [0, 0.1) is 0 Å². The van der Waals surface area contributed by atoms with Gasteiger partial charge in [0.25, 0.3) is 0 Å². The van der Waals surface area contributed by atoms with Gasteiger partial charge in [0.2, 0.25) is 0 Å². The van der Waals surface area contributed by atoms with E-state index in [-0.39, 0.29) is 6.03 Å². The van der Waals surface area contributed by atoms with Gasteiger partial charge in [-0.1, -0.05) is 0 Å². The molecule has 0 unspecified atom stereocenters. The summed E-state index contributed by atoms with van der Waals surface area (Å²) in [5, 5.41) is 13.5. The van der Waals surface area contributed by atoms with Crippen molar-refractivity contribution in [3.63, 3.8) is 0 Å². The third-order valence-corrected chi connectivity index (χ3v) is 5.45. The van der Waals surface area contributed by atoms with Crippen LogP contribution in [-0.4, -0.2) is 32.2 Å². The maximum Gasteiger partial charge on any atom is 0.318 e. The number of nitrogens with one attached hydrogen (secondary N) is 1. The Labute approximate surface area is 133 Å². The molecule has 2 aromatic heterocycles. The number of thiophene rings is 1. The maximum absolute atomic E-state index is 12.4. The van der Waals surface area contributed by atoms with Gasteiger partial charge < -0.3 is 14.8 Å². The summed E-state index contributed by atoms with van der Waals surface area (Å²) in [4.78, 5) is 15.6. The summed E-state index contributed by atoms with van der Waals surface area (Å²) in [6, 6.07) is 2.11. The number of carbonyl (C=O) groups excluding carboxylic acids is 1. The van der Waals surface area contributed by atoms with E-state index in [9.17, 15) is 4.79 Å². The Bertz CT molecular complexity index is 692. The van der Waals surface area contributed by atoms with E-state index >= 15 is 0 Å². The molecule has 2 aliphatic heterocycles. The summed E-state index contributed by atoms with van der Waals surface area (Å²) >= 11 is 1.79. The number of carbonyl (C=O) groups is 1. The van der Waals surface area contributed by atoms with Gasteiger partial charge in [0.15, 0.2) is 5.82 Å². The molecule has 0 spiro atoms. The number of hydrogen-bond acceptors (Lipinski definition) is 4. The van der Waals surface area contributed by atoms with Gasteiger partial charge >= 0.3 is 6.03 Å². The molecule has 2 aromatic rings. The van der Waals surface area contributed by atoms with Gasteiger partial charge in [-0.15, -0.1) is 21.5 Å². The van der Waals surface area contributed by atoms with Gasteiger partial charge in [-0.2, -0.15) is 0 Å². The molecule has 0 saturated carbocycles. The van der Waals surface area contributed by atoms with Gasteiger partial charge in [-0.05, 0) is 36.3 Å². The van der Waals surface area contributed by atoms with E-state index in [0.29, 0.717) is 13.1 Å². The molecule has 4 rings (SSSR count). The van der Waals surface area contributed by atoms with Crippen molar-refractivity contribution in [3.8, 4) is 0 Å². The molecule has 0 bridgehead atoms. The first-order valence-electron chi connectivity index (χ1n) is 7.80. The maximum atomic E-state index is 12.4. The fraction of sp³-hybridized carbons (Fsp3) is 0.533. The van der Waals surface area contributed by atoms with Gasteiger partial charge in [-0.25, -0.2) is 4.79 Å². The smallest absolute Gasteiger partial charge is 0.318 e. The van der Waals surface area contributed by atoms with Crippen LogP contribution in [0.5, 0.6) is 0 Å². The summed E-state index contributed by atoms with van der Waals surface area (Å²) in [5.74, 6) is 1.92. The molecule has 0 aliphatic carbocycles. The Morgan fingerprint density at radius 3 is 3.18 bits per heavy atom. The van der Waals surface area contributed by atoms with Crippen LogP contribution in [0.25, 0.3) is 0 Å². The van der Waals surface area contributed by atoms with Crippen LogP contribution in [0.2, 0.25) is 0 Å². The van der Waals surface area contributed by atoms with Crippen molar-refractivity contribution in [2.45, 2.75) is 45.3 Å². The minimum Gasteiger partial charge on any atom is -0.331 e. The molecule has 2 aliphatic rings. The zero-order valence-electron chi connectivity index (χ0n) is 12.4. The van der Waals surface area contributed by atoms with Crippen LogP contribution < -0.4 is 5.32 Å². The summed E-state index contributed by atoms with van der Waals surface area (Å²) in [5.41, 5.74) is 1.28. The first-order chi connectivity index (χ1) is 10.8. The van der Waals surface area contributed by atoms with Crippen molar-refractivity contribution in [3.05, 3.63) is 33.5 Å². The topological polar surface area (TPSA) is 63.1 Å². The number of nitrogens with zero attached hydrogens (tertiary/aromatic N) is 4. The minimum absolute atomic E-state index is 0.00925. The number of hydrogen-bond donors (Lipinski definition) is 1. The van der Waals surface area contributed by atoms with Crippen LogP contribution in [0.15, 0.2) is 11.4 Å². The number of aryl methyl sites for hydroxylation is 1. The van der Waals surface area contributed by atoms with E-state index in [0.717, 1.165) is 37.6 Å².